The van der Waals surface area contributed by atoms with Crippen LogP contribution in [0.25, 0.3) is 0 Å². The van der Waals surface area contributed by atoms with Crippen molar-refractivity contribution in [2.45, 2.75) is 164 Å². The Kier molecular flexibility index (Phi) is 8.85. The summed E-state index contributed by atoms with van der Waals surface area (Å²) >= 11 is 0. The molecular weight excluding hydrogens is 569 g/mol. The van der Waals surface area contributed by atoms with Crippen LogP contribution in [0, 0.1) is 0 Å². The van der Waals surface area contributed by atoms with Crippen molar-refractivity contribution in [1.29, 1.82) is 0 Å². The van der Waals surface area contributed by atoms with Crippen LogP contribution in [0.15, 0.2) is 70.5 Å². The van der Waals surface area contributed by atoms with Crippen molar-refractivity contribution >= 4 is 21.6 Å². The van der Waals surface area contributed by atoms with Crippen LogP contribution in [-0.4, -0.2) is 0 Å². The standard InChI is InChI=1S/C28H38S2.C14H20/c1-25(2)13-15-27(5,6)23-17-19(9-11-21(23)25)29-30-20-10-12-22-24(18-20)28(7,8)16-14-26(22,3)4;1-13(2)9-10-14(3,4)12-8-6-5-7-11(12)13/h9-12,17-18H,13-16H2,1-8H3;5-8H,9-10H2,1-4H3. The molecule has 0 saturated carbocycles. The molecule has 44 heavy (non-hydrogen) atoms. The quantitative estimate of drug-likeness (QED) is 0.265. The highest BCUT2D eigenvalue weighted by Gasteiger charge is 2.39. The Bertz CT molecular complexity index is 1400. The van der Waals surface area contributed by atoms with Gasteiger partial charge in [-0.15, -0.1) is 0 Å². The van der Waals surface area contributed by atoms with Gasteiger partial charge in [0.2, 0.25) is 0 Å². The molecule has 0 fully saturated rings. The summed E-state index contributed by atoms with van der Waals surface area (Å²) in [6.45, 7) is 28.7. The zero-order chi connectivity index (χ0) is 32.3. The summed E-state index contributed by atoms with van der Waals surface area (Å²) in [5, 5.41) is 0. The summed E-state index contributed by atoms with van der Waals surface area (Å²) in [7, 11) is 3.83. The van der Waals surface area contributed by atoms with Gasteiger partial charge >= 0.3 is 0 Å². The summed E-state index contributed by atoms with van der Waals surface area (Å²) in [6, 6.07) is 23.4. The first kappa shape index (κ1) is 33.7. The smallest absolute Gasteiger partial charge is 0.0189 e. The second-order valence-corrected chi connectivity index (χ2v) is 20.2. The molecule has 0 aliphatic heterocycles. The zero-order valence-corrected chi connectivity index (χ0v) is 31.5. The third kappa shape index (κ3) is 6.60. The van der Waals surface area contributed by atoms with Crippen LogP contribution in [0.5, 0.6) is 0 Å². The van der Waals surface area contributed by atoms with Crippen molar-refractivity contribution in [3.8, 4) is 0 Å². The van der Waals surface area contributed by atoms with Gasteiger partial charge in [-0.1, -0.05) is 141 Å². The molecule has 0 N–H and O–H groups in total. The number of benzene rings is 3. The normalized spacial score (nSPS) is 22.8. The van der Waals surface area contributed by atoms with Crippen molar-refractivity contribution in [2.24, 2.45) is 0 Å². The molecule has 0 amide bonds. The van der Waals surface area contributed by atoms with Crippen molar-refractivity contribution in [2.75, 3.05) is 0 Å². The topological polar surface area (TPSA) is 0 Å². The highest BCUT2D eigenvalue weighted by Crippen LogP contribution is 2.50. The van der Waals surface area contributed by atoms with E-state index in [4.69, 9.17) is 0 Å². The maximum absolute atomic E-state index is 2.47. The van der Waals surface area contributed by atoms with E-state index >= 15 is 0 Å². The molecule has 0 nitrogen and oxygen atoms in total. The molecule has 3 aliphatic carbocycles. The Labute approximate surface area is 278 Å². The first-order valence-electron chi connectivity index (χ1n) is 17.0. The van der Waals surface area contributed by atoms with Crippen LogP contribution in [-0.2, 0) is 32.5 Å². The van der Waals surface area contributed by atoms with E-state index in [9.17, 15) is 0 Å². The first-order chi connectivity index (χ1) is 20.3. The minimum atomic E-state index is 0.271. The van der Waals surface area contributed by atoms with Gasteiger partial charge < -0.3 is 0 Å². The number of hydrogen-bond acceptors (Lipinski definition) is 2. The van der Waals surface area contributed by atoms with E-state index in [1.54, 1.807) is 33.4 Å². The second kappa shape index (κ2) is 11.6. The third-order valence-electron chi connectivity index (χ3n) is 11.6. The van der Waals surface area contributed by atoms with Crippen molar-refractivity contribution in [3.63, 3.8) is 0 Å². The Hall–Kier alpha value is -1.64. The minimum absolute atomic E-state index is 0.271. The van der Waals surface area contributed by atoms with Crippen LogP contribution in [0.1, 0.15) is 155 Å². The molecule has 238 valence electrons. The van der Waals surface area contributed by atoms with Gasteiger partial charge in [-0.25, -0.2) is 0 Å². The molecule has 0 atom stereocenters. The maximum atomic E-state index is 2.47. The second-order valence-electron chi connectivity index (χ2n) is 17.9. The number of rotatable bonds is 3. The molecule has 6 rings (SSSR count). The fourth-order valence-electron chi connectivity index (χ4n) is 7.89. The number of fused-ring (bicyclic) bond motifs is 3. The molecule has 2 heteroatoms. The summed E-state index contributed by atoms with van der Waals surface area (Å²) < 4.78 is 0. The molecule has 0 aromatic heterocycles. The predicted octanol–water partition coefficient (Wildman–Crippen LogP) is 13.2. The van der Waals surface area contributed by atoms with Gasteiger partial charge in [-0.3, -0.25) is 0 Å². The van der Waals surface area contributed by atoms with E-state index in [1.165, 1.54) is 48.3 Å². The van der Waals surface area contributed by atoms with E-state index in [-0.39, 0.29) is 21.7 Å². The van der Waals surface area contributed by atoms with Crippen molar-refractivity contribution in [3.05, 3.63) is 94.0 Å². The molecule has 3 aromatic rings. The van der Waals surface area contributed by atoms with Gasteiger partial charge in [-0.05, 0) is 129 Å². The van der Waals surface area contributed by atoms with E-state index in [0.717, 1.165) is 0 Å². The lowest BCUT2D eigenvalue weighted by atomic mass is 9.63. The average molecular weight is 627 g/mol. The van der Waals surface area contributed by atoms with Crippen molar-refractivity contribution in [1.82, 2.24) is 0 Å². The minimum Gasteiger partial charge on any atom is -0.0620 e. The Morgan fingerprint density at radius 2 is 0.591 bits per heavy atom. The summed E-state index contributed by atoms with van der Waals surface area (Å²) in [6.07, 6.45) is 7.69. The summed E-state index contributed by atoms with van der Waals surface area (Å²) in [5.74, 6) is 0. The summed E-state index contributed by atoms with van der Waals surface area (Å²) in [4.78, 5) is 2.75. The molecule has 0 heterocycles. The lowest BCUT2D eigenvalue weighted by Crippen LogP contribution is -2.33. The zero-order valence-electron chi connectivity index (χ0n) is 29.8. The van der Waals surface area contributed by atoms with Gasteiger partial charge in [0.05, 0.1) is 0 Å². The van der Waals surface area contributed by atoms with Crippen molar-refractivity contribution < 1.29 is 0 Å². The summed E-state index contributed by atoms with van der Waals surface area (Å²) in [5.41, 5.74) is 11.2. The van der Waals surface area contributed by atoms with E-state index < -0.39 is 0 Å². The van der Waals surface area contributed by atoms with Crippen LogP contribution in [0.3, 0.4) is 0 Å². The molecule has 0 spiro atoms. The largest absolute Gasteiger partial charge is 0.0620 e. The molecule has 3 aromatic carbocycles. The Balaban J connectivity index is 0.000000229. The maximum Gasteiger partial charge on any atom is 0.0189 e. The molecular formula is C42H58S2. The SMILES string of the molecule is CC1(C)CCC(C)(C)c2cc(SSc3ccc4c(c3)C(C)(C)CCC4(C)C)ccc21.CC1(C)CCC(C)(C)c2ccccc21. The third-order valence-corrected chi connectivity index (χ3v) is 14.0. The van der Waals surface area contributed by atoms with E-state index in [0.29, 0.717) is 10.8 Å². The van der Waals surface area contributed by atoms with E-state index in [2.05, 4.69) is 144 Å². The van der Waals surface area contributed by atoms with Crippen LogP contribution >= 0.6 is 21.6 Å². The average Bonchev–Trinajstić information content (AvgIpc) is 2.96. The molecule has 3 aliphatic rings. The molecule has 0 bridgehead atoms. The first-order valence-corrected chi connectivity index (χ1v) is 19.1. The lowest BCUT2D eigenvalue weighted by Gasteiger charge is -2.42. The molecule has 0 unspecified atom stereocenters. The van der Waals surface area contributed by atoms with Crippen LogP contribution in [0.2, 0.25) is 0 Å². The fraction of sp³-hybridized carbons (Fsp3) is 0.571. The van der Waals surface area contributed by atoms with Gasteiger partial charge in [0, 0.05) is 9.79 Å². The van der Waals surface area contributed by atoms with Gasteiger partial charge in [0.1, 0.15) is 0 Å². The monoisotopic (exact) mass is 626 g/mol. The Morgan fingerprint density at radius 3 is 0.886 bits per heavy atom. The predicted molar refractivity (Wildman–Crippen MR) is 197 cm³/mol. The fourth-order valence-corrected chi connectivity index (χ4v) is 9.86. The molecule has 0 saturated heterocycles. The van der Waals surface area contributed by atoms with Gasteiger partial charge in [0.25, 0.3) is 0 Å². The van der Waals surface area contributed by atoms with Crippen LogP contribution < -0.4 is 0 Å². The van der Waals surface area contributed by atoms with Gasteiger partial charge in [0.15, 0.2) is 0 Å². The van der Waals surface area contributed by atoms with Gasteiger partial charge in [-0.2, -0.15) is 0 Å². The number of hydrogen-bond donors (Lipinski definition) is 0. The highest BCUT2D eigenvalue weighted by molar-refractivity contribution is 8.76. The highest BCUT2D eigenvalue weighted by atomic mass is 33.1. The van der Waals surface area contributed by atoms with E-state index in [1.807, 2.05) is 21.6 Å². The lowest BCUT2D eigenvalue weighted by molar-refractivity contribution is 0.331. The Morgan fingerprint density at radius 1 is 0.341 bits per heavy atom. The van der Waals surface area contributed by atoms with Crippen LogP contribution in [0.4, 0.5) is 0 Å². The molecule has 0 radical (unpaired) electrons.